The molecule has 158 valence electrons. The van der Waals surface area contributed by atoms with Crippen molar-refractivity contribution in [2.45, 2.75) is 44.7 Å². The van der Waals surface area contributed by atoms with Crippen LogP contribution < -0.4 is 9.97 Å². The number of ether oxygens (including phenoxy) is 2. The Hall–Kier alpha value is -2.76. The number of amides is 1. The number of carbonyl (C=O) groups excluding carboxylic acids is 3. The van der Waals surface area contributed by atoms with Gasteiger partial charge in [0.15, 0.2) is 0 Å². The molecule has 1 aliphatic rings. The predicted octanol–water partition coefficient (Wildman–Crippen LogP) is 1.54. The molecule has 1 aromatic carbocycles. The Morgan fingerprint density at radius 3 is 2.69 bits per heavy atom. The van der Waals surface area contributed by atoms with Gasteiger partial charge in [-0.1, -0.05) is 19.1 Å². The molecular weight excluding hydrogens is 398 g/mol. The maximum atomic E-state index is 12.2. The number of halogens is 3. The average molecular weight is 417 g/mol. The zero-order chi connectivity index (χ0) is 21.6. The molecule has 1 aromatic rings. The van der Waals surface area contributed by atoms with Gasteiger partial charge in [0.1, 0.15) is 17.7 Å². The maximum Gasteiger partial charge on any atom is 0.547 e. The number of hydrogen-bond acceptors (Lipinski definition) is 7. The van der Waals surface area contributed by atoms with Crippen LogP contribution in [0.2, 0.25) is 0 Å². The lowest BCUT2D eigenvalue weighted by molar-refractivity contribution is -0.177. The quantitative estimate of drug-likeness (QED) is 0.393. The zero-order valence-corrected chi connectivity index (χ0v) is 15.5. The summed E-state index contributed by atoms with van der Waals surface area (Å²) < 4.78 is 50.4. The van der Waals surface area contributed by atoms with Crippen LogP contribution in [0.5, 0.6) is 5.75 Å². The van der Waals surface area contributed by atoms with Gasteiger partial charge in [0.05, 0.1) is 5.94 Å². The molecule has 0 bridgehead atoms. The number of esters is 2. The molecule has 0 fully saturated rings. The molecule has 1 amide bonds. The van der Waals surface area contributed by atoms with Crippen LogP contribution in [0.25, 0.3) is 0 Å². The molecule has 1 heterocycles. The third-order valence-electron chi connectivity index (χ3n) is 3.92. The van der Waals surface area contributed by atoms with Crippen LogP contribution in [0, 0.1) is 0 Å². The van der Waals surface area contributed by atoms with Crippen molar-refractivity contribution in [1.29, 1.82) is 0 Å². The van der Waals surface area contributed by atoms with Crippen LogP contribution in [-0.4, -0.2) is 48.9 Å². The summed E-state index contributed by atoms with van der Waals surface area (Å²) in [6, 6.07) is 4.46. The van der Waals surface area contributed by atoms with E-state index in [1.165, 1.54) is 12.1 Å². The van der Waals surface area contributed by atoms with Gasteiger partial charge in [-0.05, 0) is 24.5 Å². The first-order chi connectivity index (χ1) is 13.6. The van der Waals surface area contributed by atoms with Crippen LogP contribution in [-0.2, 0) is 25.5 Å². The van der Waals surface area contributed by atoms with E-state index in [2.05, 4.69) is 14.8 Å². The second-order valence-electron chi connectivity index (χ2n) is 6.29. The molecule has 0 saturated heterocycles. The summed E-state index contributed by atoms with van der Waals surface area (Å²) in [5.74, 6) is -3.54. The van der Waals surface area contributed by atoms with E-state index in [0.29, 0.717) is 12.0 Å². The van der Waals surface area contributed by atoms with Crippen molar-refractivity contribution in [3.05, 3.63) is 29.3 Å². The van der Waals surface area contributed by atoms with Gasteiger partial charge in [-0.2, -0.15) is 13.2 Å². The summed E-state index contributed by atoms with van der Waals surface area (Å²) >= 11 is 0. The van der Waals surface area contributed by atoms with Crippen molar-refractivity contribution in [3.8, 4) is 5.75 Å². The largest absolute Gasteiger partial charge is 0.547 e. The highest BCUT2D eigenvalue weighted by molar-refractivity contribution is 6.47. The Kier molecular flexibility index (Phi) is 7.49. The summed E-state index contributed by atoms with van der Waals surface area (Å²) in [5.41, 5.74) is 0.410. The first kappa shape index (κ1) is 22.5. The Bertz CT molecular complexity index is 772. The molecule has 0 saturated carbocycles. The fourth-order valence-electron chi connectivity index (χ4n) is 2.66. The number of carbonyl (C=O) groups is 3. The fraction of sp³-hybridized carbons (Fsp3) is 0.471. The van der Waals surface area contributed by atoms with E-state index in [9.17, 15) is 32.6 Å². The normalized spacial score (nSPS) is 15.8. The van der Waals surface area contributed by atoms with Crippen molar-refractivity contribution in [2.24, 2.45) is 0 Å². The third-order valence-corrected chi connectivity index (χ3v) is 3.92. The van der Waals surface area contributed by atoms with Crippen molar-refractivity contribution in [3.63, 3.8) is 0 Å². The topological polar surface area (TPSA) is 111 Å². The summed E-state index contributed by atoms with van der Waals surface area (Å²) in [6.07, 6.45) is -5.42. The fourth-order valence-corrected chi connectivity index (χ4v) is 2.66. The van der Waals surface area contributed by atoms with E-state index in [4.69, 9.17) is 4.65 Å². The zero-order valence-electron chi connectivity index (χ0n) is 15.5. The first-order valence-corrected chi connectivity index (χ1v) is 8.76. The Morgan fingerprint density at radius 1 is 1.31 bits per heavy atom. The van der Waals surface area contributed by atoms with Crippen molar-refractivity contribution in [2.75, 3.05) is 6.79 Å². The summed E-state index contributed by atoms with van der Waals surface area (Å²) in [5, 5.41) is 12.8. The summed E-state index contributed by atoms with van der Waals surface area (Å²) in [6.45, 7) is 0.830. The van der Waals surface area contributed by atoms with E-state index in [0.717, 1.165) is 0 Å². The number of alkyl halides is 3. The van der Waals surface area contributed by atoms with Crippen molar-refractivity contribution in [1.82, 2.24) is 5.32 Å². The van der Waals surface area contributed by atoms with Gasteiger partial charge >= 0.3 is 25.2 Å². The van der Waals surface area contributed by atoms with Gasteiger partial charge in [-0.25, -0.2) is 4.79 Å². The number of rotatable bonds is 7. The van der Waals surface area contributed by atoms with E-state index in [-0.39, 0.29) is 30.1 Å². The first-order valence-electron chi connectivity index (χ1n) is 8.76. The lowest BCUT2D eigenvalue weighted by atomic mass is 9.72. The van der Waals surface area contributed by atoms with Crippen molar-refractivity contribution < 1.29 is 46.7 Å². The molecule has 0 unspecified atom stereocenters. The SMILES string of the molecule is CCCC(=O)N[C@H]1Cc2cccc(C(=O)OCOC(=O)CC(F)(F)F)c2OB1O. The lowest BCUT2D eigenvalue weighted by Crippen LogP contribution is -2.53. The second kappa shape index (κ2) is 9.63. The molecule has 12 heteroatoms. The smallest absolute Gasteiger partial charge is 0.534 e. The van der Waals surface area contributed by atoms with Crippen LogP contribution in [0.4, 0.5) is 13.2 Å². The highest BCUT2D eigenvalue weighted by Crippen LogP contribution is 2.30. The molecular formula is C17H19BF3NO7. The van der Waals surface area contributed by atoms with Gasteiger partial charge in [0.2, 0.25) is 12.7 Å². The highest BCUT2D eigenvalue weighted by Gasteiger charge is 2.38. The Labute approximate surface area is 164 Å². The molecule has 8 nitrogen and oxygen atoms in total. The minimum Gasteiger partial charge on any atom is -0.534 e. The molecule has 0 radical (unpaired) electrons. The number of benzene rings is 1. The second-order valence-corrected chi connectivity index (χ2v) is 6.29. The number of hydrogen-bond donors (Lipinski definition) is 2. The minimum absolute atomic E-state index is 0.0209. The standard InChI is InChI=1S/C17H19BF3NO7/c1-2-4-13(23)22-12-7-10-5-3-6-11(15(10)29-18(12)26)16(25)28-9-27-14(24)8-17(19,20)21/h3,5-6,12,26H,2,4,7-9H2,1H3,(H,22,23)/t12-/m0/s1. The predicted molar refractivity (Wildman–Crippen MR) is 92.6 cm³/mol. The molecule has 2 rings (SSSR count). The van der Waals surface area contributed by atoms with Gasteiger partial charge in [-0.3, -0.25) is 9.59 Å². The van der Waals surface area contributed by atoms with Crippen LogP contribution in [0.3, 0.4) is 0 Å². The van der Waals surface area contributed by atoms with Crippen LogP contribution in [0.15, 0.2) is 18.2 Å². The molecule has 0 spiro atoms. The van der Waals surface area contributed by atoms with Crippen LogP contribution in [0.1, 0.15) is 42.1 Å². The Morgan fingerprint density at radius 2 is 2.03 bits per heavy atom. The van der Waals surface area contributed by atoms with E-state index < -0.39 is 44.4 Å². The van der Waals surface area contributed by atoms with E-state index in [1.54, 1.807) is 6.07 Å². The van der Waals surface area contributed by atoms with E-state index >= 15 is 0 Å². The molecule has 29 heavy (non-hydrogen) atoms. The number of nitrogens with one attached hydrogen (secondary N) is 1. The molecule has 0 aromatic heterocycles. The van der Waals surface area contributed by atoms with Gasteiger partial charge in [0.25, 0.3) is 0 Å². The minimum atomic E-state index is -4.73. The molecule has 1 atom stereocenters. The summed E-state index contributed by atoms with van der Waals surface area (Å²) in [7, 11) is -1.41. The van der Waals surface area contributed by atoms with Gasteiger partial charge in [0, 0.05) is 6.42 Å². The molecule has 0 aliphatic carbocycles. The maximum absolute atomic E-state index is 12.2. The van der Waals surface area contributed by atoms with Crippen LogP contribution >= 0.6 is 0 Å². The lowest BCUT2D eigenvalue weighted by Gasteiger charge is -2.29. The molecule has 1 aliphatic heterocycles. The van der Waals surface area contributed by atoms with Gasteiger partial charge in [-0.15, -0.1) is 0 Å². The third kappa shape index (κ3) is 6.66. The van der Waals surface area contributed by atoms with Gasteiger partial charge < -0.3 is 24.5 Å². The highest BCUT2D eigenvalue weighted by atomic mass is 19.4. The van der Waals surface area contributed by atoms with Crippen molar-refractivity contribution >= 4 is 25.0 Å². The Balaban J connectivity index is 1.99. The summed E-state index contributed by atoms with van der Waals surface area (Å²) in [4.78, 5) is 34.9. The monoisotopic (exact) mass is 417 g/mol. The van der Waals surface area contributed by atoms with E-state index in [1.807, 2.05) is 6.92 Å². The number of para-hydroxylation sites is 1. The number of fused-ring (bicyclic) bond motifs is 1. The average Bonchev–Trinajstić information content (AvgIpc) is 2.60. The molecule has 2 N–H and O–H groups in total.